The van der Waals surface area contributed by atoms with E-state index in [0.29, 0.717) is 18.4 Å². The highest BCUT2D eigenvalue weighted by Crippen LogP contribution is 2.46. The molecule has 1 aliphatic carbocycles. The van der Waals surface area contributed by atoms with Crippen molar-refractivity contribution in [1.82, 2.24) is 4.90 Å². The predicted octanol–water partition coefficient (Wildman–Crippen LogP) is 3.26. The molecular formula is C25H28N2O3. The maximum absolute atomic E-state index is 13.1. The van der Waals surface area contributed by atoms with Gasteiger partial charge in [0.15, 0.2) is 0 Å². The van der Waals surface area contributed by atoms with Crippen molar-refractivity contribution in [3.05, 3.63) is 65.2 Å². The van der Waals surface area contributed by atoms with E-state index in [0.717, 1.165) is 37.2 Å². The maximum atomic E-state index is 13.1. The predicted molar refractivity (Wildman–Crippen MR) is 116 cm³/mol. The lowest BCUT2D eigenvalue weighted by molar-refractivity contribution is -0.137. The van der Waals surface area contributed by atoms with Crippen LogP contribution < -0.4 is 4.90 Å². The number of hydrogen-bond donors (Lipinski definition) is 1. The van der Waals surface area contributed by atoms with Gasteiger partial charge in [-0.05, 0) is 73.4 Å². The van der Waals surface area contributed by atoms with Crippen LogP contribution in [-0.2, 0) is 27.8 Å². The van der Waals surface area contributed by atoms with Crippen LogP contribution in [0.5, 0.6) is 0 Å². The molecular weight excluding hydrogens is 376 g/mol. The summed E-state index contributed by atoms with van der Waals surface area (Å²) >= 11 is 0. The lowest BCUT2D eigenvalue weighted by Crippen LogP contribution is -2.50. The molecule has 156 valence electrons. The molecule has 1 fully saturated rings. The molecule has 2 aromatic rings. The summed E-state index contributed by atoms with van der Waals surface area (Å²) in [5, 5.41) is 9.31. The van der Waals surface area contributed by atoms with Crippen LogP contribution in [0.2, 0.25) is 0 Å². The Balaban J connectivity index is 1.29. The molecule has 0 saturated carbocycles. The van der Waals surface area contributed by atoms with Crippen LogP contribution in [-0.4, -0.2) is 48.1 Å². The topological polar surface area (TPSA) is 60.9 Å². The molecule has 1 amide bonds. The van der Waals surface area contributed by atoms with Crippen molar-refractivity contribution < 1.29 is 14.7 Å². The number of amides is 1. The monoisotopic (exact) mass is 404 g/mol. The number of carboxylic acid groups (broad SMARTS) is 1. The normalized spacial score (nSPS) is 22.7. The highest BCUT2D eigenvalue weighted by atomic mass is 16.4. The average Bonchev–Trinajstić information content (AvgIpc) is 3.11. The minimum absolute atomic E-state index is 0.0531. The van der Waals surface area contributed by atoms with E-state index in [2.05, 4.69) is 29.2 Å². The molecule has 2 aromatic carbocycles. The van der Waals surface area contributed by atoms with E-state index in [1.165, 1.54) is 23.3 Å². The standard InChI is InChI=1S/C25H28N2O3/c28-23(29)17-27-22-8-4-2-6-19(22)15-20(24(27)30)16-26-13-11-25(12-14-26)10-9-18-5-1-3-7-21(18)25/h1-8,20H,9-17H2,(H,28,29). The zero-order valence-electron chi connectivity index (χ0n) is 17.2. The minimum Gasteiger partial charge on any atom is -0.480 e. The summed E-state index contributed by atoms with van der Waals surface area (Å²) in [5.74, 6) is -1.20. The van der Waals surface area contributed by atoms with E-state index in [1.807, 2.05) is 24.3 Å². The van der Waals surface area contributed by atoms with Crippen molar-refractivity contribution in [2.75, 3.05) is 31.1 Å². The molecule has 1 unspecified atom stereocenters. The third-order valence-corrected chi connectivity index (χ3v) is 7.41. The number of rotatable bonds is 4. The smallest absolute Gasteiger partial charge is 0.323 e. The van der Waals surface area contributed by atoms with Crippen molar-refractivity contribution in [2.45, 2.75) is 37.5 Å². The van der Waals surface area contributed by atoms with Gasteiger partial charge < -0.3 is 14.9 Å². The van der Waals surface area contributed by atoms with Gasteiger partial charge in [0.25, 0.3) is 0 Å². The summed E-state index contributed by atoms with van der Waals surface area (Å²) in [6.45, 7) is 2.44. The maximum Gasteiger partial charge on any atom is 0.323 e. The number of para-hydroxylation sites is 1. The number of carboxylic acids is 1. The van der Waals surface area contributed by atoms with Gasteiger partial charge in [0, 0.05) is 12.2 Å². The Hall–Kier alpha value is -2.66. The van der Waals surface area contributed by atoms with E-state index in [4.69, 9.17) is 0 Å². The second-order valence-electron chi connectivity index (χ2n) is 9.09. The zero-order chi connectivity index (χ0) is 20.7. The molecule has 0 radical (unpaired) electrons. The first-order chi connectivity index (χ1) is 14.6. The van der Waals surface area contributed by atoms with Crippen LogP contribution in [0.25, 0.3) is 0 Å². The van der Waals surface area contributed by atoms with E-state index < -0.39 is 5.97 Å². The molecule has 5 rings (SSSR count). The quantitative estimate of drug-likeness (QED) is 0.850. The number of carbonyl (C=O) groups excluding carboxylic acids is 1. The van der Waals surface area contributed by atoms with Gasteiger partial charge in [0.2, 0.25) is 5.91 Å². The van der Waals surface area contributed by atoms with Gasteiger partial charge in [-0.3, -0.25) is 9.59 Å². The molecule has 1 saturated heterocycles. The third-order valence-electron chi connectivity index (χ3n) is 7.41. The number of carbonyl (C=O) groups is 2. The van der Waals surface area contributed by atoms with Gasteiger partial charge >= 0.3 is 5.97 Å². The second kappa shape index (κ2) is 7.55. The summed E-state index contributed by atoms with van der Waals surface area (Å²) in [4.78, 5) is 28.4. The molecule has 1 spiro atoms. The highest BCUT2D eigenvalue weighted by Gasteiger charge is 2.42. The summed E-state index contributed by atoms with van der Waals surface area (Å²) in [7, 11) is 0. The Morgan fingerprint density at radius 1 is 1.00 bits per heavy atom. The number of anilines is 1. The number of benzene rings is 2. The van der Waals surface area contributed by atoms with Gasteiger partial charge in [0.05, 0.1) is 5.92 Å². The van der Waals surface area contributed by atoms with Crippen LogP contribution in [0.1, 0.15) is 36.0 Å². The number of hydrogen-bond acceptors (Lipinski definition) is 3. The molecule has 5 nitrogen and oxygen atoms in total. The molecule has 1 N–H and O–H groups in total. The number of fused-ring (bicyclic) bond motifs is 3. The largest absolute Gasteiger partial charge is 0.480 e. The van der Waals surface area contributed by atoms with Crippen molar-refractivity contribution in [1.29, 1.82) is 0 Å². The summed E-state index contributed by atoms with van der Waals surface area (Å²) in [5.41, 5.74) is 5.18. The molecule has 0 bridgehead atoms. The van der Waals surface area contributed by atoms with E-state index >= 15 is 0 Å². The molecule has 2 aliphatic heterocycles. The first-order valence-electron chi connectivity index (χ1n) is 11.0. The van der Waals surface area contributed by atoms with Crippen LogP contribution in [0, 0.1) is 5.92 Å². The summed E-state index contributed by atoms with van der Waals surface area (Å²) in [6.07, 6.45) is 5.39. The van der Waals surface area contributed by atoms with Gasteiger partial charge in [0.1, 0.15) is 6.54 Å². The Bertz CT molecular complexity index is 978. The Labute approximate surface area is 177 Å². The Kier molecular flexibility index (Phi) is 4.86. The van der Waals surface area contributed by atoms with Gasteiger partial charge in [-0.25, -0.2) is 0 Å². The highest BCUT2D eigenvalue weighted by molar-refractivity contribution is 6.01. The molecule has 30 heavy (non-hydrogen) atoms. The Morgan fingerprint density at radius 2 is 1.70 bits per heavy atom. The molecule has 5 heteroatoms. The molecule has 3 aliphatic rings. The van der Waals surface area contributed by atoms with Crippen LogP contribution in [0.4, 0.5) is 5.69 Å². The fraction of sp³-hybridized carbons (Fsp3) is 0.440. The van der Waals surface area contributed by atoms with Gasteiger partial charge in [-0.1, -0.05) is 42.5 Å². The van der Waals surface area contributed by atoms with Crippen molar-refractivity contribution in [3.63, 3.8) is 0 Å². The third kappa shape index (κ3) is 3.31. The Morgan fingerprint density at radius 3 is 2.47 bits per heavy atom. The van der Waals surface area contributed by atoms with Crippen LogP contribution in [0.3, 0.4) is 0 Å². The lowest BCUT2D eigenvalue weighted by atomic mass is 9.73. The van der Waals surface area contributed by atoms with E-state index in [-0.39, 0.29) is 18.4 Å². The van der Waals surface area contributed by atoms with E-state index in [9.17, 15) is 14.7 Å². The molecule has 2 heterocycles. The number of aryl methyl sites for hydroxylation is 1. The van der Waals surface area contributed by atoms with Crippen LogP contribution >= 0.6 is 0 Å². The van der Waals surface area contributed by atoms with Crippen molar-refractivity contribution in [3.8, 4) is 0 Å². The lowest BCUT2D eigenvalue weighted by Gasteiger charge is -2.42. The first-order valence-corrected chi connectivity index (χ1v) is 11.0. The zero-order valence-corrected chi connectivity index (χ0v) is 17.2. The fourth-order valence-electron chi connectivity index (χ4n) is 5.84. The SMILES string of the molecule is O=C(O)CN1C(=O)C(CN2CCC3(CCc4ccccc43)CC2)Cc2ccccc21. The van der Waals surface area contributed by atoms with Crippen LogP contribution in [0.15, 0.2) is 48.5 Å². The first kappa shape index (κ1) is 19.3. The average molecular weight is 405 g/mol. The van der Waals surface area contributed by atoms with Gasteiger partial charge in [-0.15, -0.1) is 0 Å². The number of aliphatic carboxylic acids is 1. The van der Waals surface area contributed by atoms with Gasteiger partial charge in [-0.2, -0.15) is 0 Å². The summed E-state index contributed by atoms with van der Waals surface area (Å²) < 4.78 is 0. The second-order valence-corrected chi connectivity index (χ2v) is 9.09. The minimum atomic E-state index is -0.974. The van der Waals surface area contributed by atoms with E-state index in [1.54, 1.807) is 5.56 Å². The number of piperidine rings is 1. The van der Waals surface area contributed by atoms with Crippen molar-refractivity contribution >= 4 is 17.6 Å². The number of likely N-dealkylation sites (tertiary alicyclic amines) is 1. The molecule has 0 aromatic heterocycles. The summed E-state index contributed by atoms with van der Waals surface area (Å²) in [6, 6.07) is 16.6. The molecule has 1 atom stereocenters. The fourth-order valence-corrected chi connectivity index (χ4v) is 5.84. The van der Waals surface area contributed by atoms with Crippen molar-refractivity contribution in [2.24, 2.45) is 5.92 Å². The number of nitrogens with zero attached hydrogens (tertiary/aromatic N) is 2.